The number of aromatic nitrogens is 3. The van der Waals surface area contributed by atoms with Crippen LogP contribution in [0.25, 0.3) is 5.70 Å². The second-order valence-corrected chi connectivity index (χ2v) is 8.95. The fourth-order valence-electron chi connectivity index (χ4n) is 4.38. The highest BCUT2D eigenvalue weighted by Gasteiger charge is 2.41. The summed E-state index contributed by atoms with van der Waals surface area (Å²) in [5.41, 5.74) is 3.85. The summed E-state index contributed by atoms with van der Waals surface area (Å²) in [6.07, 6.45) is 0.980. The Balaban J connectivity index is 1.67. The molecule has 2 atom stereocenters. The zero-order chi connectivity index (χ0) is 21.8. The van der Waals surface area contributed by atoms with E-state index in [4.69, 9.17) is 16.3 Å². The van der Waals surface area contributed by atoms with Crippen molar-refractivity contribution >= 4 is 39.2 Å². The van der Waals surface area contributed by atoms with Crippen LogP contribution in [0.15, 0.2) is 83.1 Å². The number of hydrogen-bond acceptors (Lipinski definition) is 4. The molecule has 0 saturated heterocycles. The Hall–Kier alpha value is -3.16. The van der Waals surface area contributed by atoms with E-state index in [1.807, 2.05) is 42.5 Å². The molecule has 3 heterocycles. The van der Waals surface area contributed by atoms with Gasteiger partial charge in [-0.25, -0.2) is 9.07 Å². The molecule has 0 spiro atoms. The molecule has 0 radical (unpaired) electrons. The highest BCUT2D eigenvalue weighted by atomic mass is 79.9. The van der Waals surface area contributed by atoms with Crippen LogP contribution in [0.5, 0.6) is 5.75 Å². The minimum atomic E-state index is -0.555. The topological polar surface area (TPSA) is 52.0 Å². The smallest absolute Gasteiger partial charge is 0.226 e. The maximum Gasteiger partial charge on any atom is 0.226 e. The normalized spacial score (nSPS) is 18.8. The van der Waals surface area contributed by atoms with E-state index in [1.165, 1.54) is 12.4 Å². The van der Waals surface area contributed by atoms with Crippen LogP contribution < -0.4 is 10.1 Å². The van der Waals surface area contributed by atoms with E-state index in [0.717, 1.165) is 26.9 Å². The number of halogens is 3. The van der Waals surface area contributed by atoms with Gasteiger partial charge in [0.2, 0.25) is 5.95 Å². The molecule has 1 N–H and O–H groups in total. The molecule has 0 amide bonds. The average Bonchev–Trinajstić information content (AvgIpc) is 3.26. The van der Waals surface area contributed by atoms with Crippen molar-refractivity contribution in [3.8, 4) is 5.75 Å². The predicted octanol–water partition coefficient (Wildman–Crippen LogP) is 6.39. The van der Waals surface area contributed by atoms with Gasteiger partial charge in [-0.15, -0.1) is 0 Å². The lowest BCUT2D eigenvalue weighted by Gasteiger charge is -2.39. The second-order valence-electron chi connectivity index (χ2n) is 7.60. The summed E-state index contributed by atoms with van der Waals surface area (Å²) in [5.74, 6) is 0.890. The maximum atomic E-state index is 15.1. The molecule has 32 heavy (non-hydrogen) atoms. The van der Waals surface area contributed by atoms with Crippen molar-refractivity contribution < 1.29 is 9.13 Å². The highest BCUT2D eigenvalue weighted by Crippen LogP contribution is 2.51. The minimum absolute atomic E-state index is 0.322. The lowest BCUT2D eigenvalue weighted by atomic mass is 9.84. The molecule has 1 aromatic heterocycles. The first-order valence-electron chi connectivity index (χ1n) is 9.97. The van der Waals surface area contributed by atoms with Crippen molar-refractivity contribution in [2.24, 2.45) is 0 Å². The molecule has 2 aliphatic heterocycles. The van der Waals surface area contributed by atoms with Gasteiger partial charge in [0.25, 0.3) is 0 Å². The zero-order valence-electron chi connectivity index (χ0n) is 16.5. The van der Waals surface area contributed by atoms with Gasteiger partial charge in [0.05, 0.1) is 5.70 Å². The van der Waals surface area contributed by atoms with Crippen molar-refractivity contribution in [1.82, 2.24) is 14.8 Å². The van der Waals surface area contributed by atoms with E-state index < -0.39 is 12.1 Å². The van der Waals surface area contributed by atoms with Crippen LogP contribution in [0, 0.1) is 5.82 Å². The van der Waals surface area contributed by atoms with Gasteiger partial charge in [0.15, 0.2) is 0 Å². The van der Waals surface area contributed by atoms with Crippen LogP contribution in [-0.4, -0.2) is 14.8 Å². The van der Waals surface area contributed by atoms with Gasteiger partial charge < -0.3 is 10.1 Å². The number of benzene rings is 3. The van der Waals surface area contributed by atoms with Gasteiger partial charge in [-0.3, -0.25) is 0 Å². The van der Waals surface area contributed by atoms with E-state index in [2.05, 4.69) is 31.3 Å². The van der Waals surface area contributed by atoms with Crippen molar-refractivity contribution in [2.75, 3.05) is 5.32 Å². The molecule has 158 valence electrons. The molecule has 0 bridgehead atoms. The van der Waals surface area contributed by atoms with Crippen molar-refractivity contribution in [3.05, 3.63) is 111 Å². The summed E-state index contributed by atoms with van der Waals surface area (Å²) in [7, 11) is 0. The highest BCUT2D eigenvalue weighted by molar-refractivity contribution is 9.10. The molecule has 8 heteroatoms. The Bertz CT molecular complexity index is 1400. The lowest BCUT2D eigenvalue weighted by molar-refractivity contribution is 0.222. The van der Waals surface area contributed by atoms with Crippen molar-refractivity contribution in [3.63, 3.8) is 0 Å². The van der Waals surface area contributed by atoms with Crippen LogP contribution in [0.2, 0.25) is 5.02 Å². The molecule has 4 aromatic rings. The fraction of sp³-hybridized carbons (Fsp3) is 0.0833. The van der Waals surface area contributed by atoms with E-state index >= 15 is 4.39 Å². The summed E-state index contributed by atoms with van der Waals surface area (Å²) in [5, 5.41) is 8.39. The van der Waals surface area contributed by atoms with Crippen LogP contribution >= 0.6 is 27.5 Å². The summed E-state index contributed by atoms with van der Waals surface area (Å²) in [4.78, 5) is 4.36. The number of nitrogens with one attached hydrogen (secondary N) is 1. The molecule has 5 nitrogen and oxygen atoms in total. The van der Waals surface area contributed by atoms with Crippen molar-refractivity contribution in [2.45, 2.75) is 12.1 Å². The van der Waals surface area contributed by atoms with E-state index in [9.17, 15) is 0 Å². The number of fused-ring (bicyclic) bond motifs is 3. The first kappa shape index (κ1) is 19.5. The monoisotopic (exact) mass is 508 g/mol. The quantitative estimate of drug-likeness (QED) is 0.340. The molecule has 0 fully saturated rings. The number of rotatable bonds is 2. The molecule has 3 aromatic carbocycles. The van der Waals surface area contributed by atoms with Crippen LogP contribution in [0.3, 0.4) is 0 Å². The number of ether oxygens (including phenoxy) is 1. The third-order valence-electron chi connectivity index (χ3n) is 5.73. The van der Waals surface area contributed by atoms with Gasteiger partial charge in [0.1, 0.15) is 30.0 Å². The Labute approximate surface area is 196 Å². The van der Waals surface area contributed by atoms with Crippen LogP contribution in [-0.2, 0) is 0 Å². The molecule has 2 aliphatic rings. The van der Waals surface area contributed by atoms with Gasteiger partial charge in [-0.2, -0.15) is 10.1 Å². The maximum absolute atomic E-state index is 15.1. The Kier molecular flexibility index (Phi) is 4.55. The third-order valence-corrected chi connectivity index (χ3v) is 6.46. The molecular weight excluding hydrogens is 495 g/mol. The first-order chi connectivity index (χ1) is 15.6. The predicted molar refractivity (Wildman–Crippen MR) is 124 cm³/mol. The largest absolute Gasteiger partial charge is 0.480 e. The summed E-state index contributed by atoms with van der Waals surface area (Å²) >= 11 is 9.89. The first-order valence-corrected chi connectivity index (χ1v) is 11.1. The molecular formula is C24H15BrClFN4O. The van der Waals surface area contributed by atoms with Crippen molar-refractivity contribution in [1.29, 1.82) is 0 Å². The molecule has 0 aliphatic carbocycles. The van der Waals surface area contributed by atoms with Gasteiger partial charge >= 0.3 is 0 Å². The lowest BCUT2D eigenvalue weighted by Crippen LogP contribution is -2.32. The Morgan fingerprint density at radius 1 is 1.06 bits per heavy atom. The molecule has 0 saturated carbocycles. The van der Waals surface area contributed by atoms with Crippen LogP contribution in [0.1, 0.15) is 28.8 Å². The van der Waals surface area contributed by atoms with Gasteiger partial charge in [-0.1, -0.05) is 57.9 Å². The number of nitrogens with zero attached hydrogens (tertiary/aromatic N) is 3. The summed E-state index contributed by atoms with van der Waals surface area (Å²) in [6, 6.07) is 19.6. The third kappa shape index (κ3) is 3.04. The summed E-state index contributed by atoms with van der Waals surface area (Å²) < 4.78 is 24.3. The van der Waals surface area contributed by atoms with E-state index in [-0.39, 0.29) is 5.82 Å². The Morgan fingerprint density at radius 2 is 1.94 bits per heavy atom. The standard InChI is InChI=1S/C24H15BrClFN4O/c25-14-5-3-4-13(10-14)23-20-21(17-11-15(26)8-9-19(17)32-23)30-24-28-12-29-31(24)22(20)16-6-1-2-7-18(16)27/h1-12,22-23H,(H,28,29,30)/t22-,23-/m0/s1. The number of anilines is 1. The molecule has 6 rings (SSSR count). The molecule has 0 unspecified atom stereocenters. The second kappa shape index (κ2) is 7.46. The zero-order valence-corrected chi connectivity index (χ0v) is 18.8. The fourth-order valence-corrected chi connectivity index (χ4v) is 4.97. The van der Waals surface area contributed by atoms with E-state index in [0.29, 0.717) is 22.3 Å². The Morgan fingerprint density at radius 3 is 2.78 bits per heavy atom. The number of hydrogen-bond donors (Lipinski definition) is 1. The average molecular weight is 510 g/mol. The summed E-state index contributed by atoms with van der Waals surface area (Å²) in [6.45, 7) is 0. The van der Waals surface area contributed by atoms with Crippen LogP contribution in [0.4, 0.5) is 10.3 Å². The minimum Gasteiger partial charge on any atom is -0.480 e. The van der Waals surface area contributed by atoms with Gasteiger partial charge in [-0.05, 0) is 42.0 Å². The van der Waals surface area contributed by atoms with E-state index in [1.54, 1.807) is 22.9 Å². The SMILES string of the molecule is Fc1ccccc1[C@H]1C2=C(Nc3ncnn31)c1cc(Cl)ccc1O[C@H]2c1cccc(Br)c1. The van der Waals surface area contributed by atoms with Gasteiger partial charge in [0, 0.05) is 26.2 Å².